The minimum atomic E-state index is -4.78. The summed E-state index contributed by atoms with van der Waals surface area (Å²) in [6.07, 6.45) is -4.78. The molecule has 0 N–H and O–H groups in total. The van der Waals surface area contributed by atoms with Crippen LogP contribution in [-0.4, -0.2) is 26.0 Å². The fourth-order valence-electron chi connectivity index (χ4n) is 2.21. The van der Waals surface area contributed by atoms with Crippen LogP contribution in [0.3, 0.4) is 0 Å². The van der Waals surface area contributed by atoms with Crippen molar-refractivity contribution in [1.82, 2.24) is 0 Å². The molecule has 7 heteroatoms. The summed E-state index contributed by atoms with van der Waals surface area (Å²) in [6, 6.07) is 10.2. The molecule has 0 amide bonds. The van der Waals surface area contributed by atoms with E-state index in [9.17, 15) is 18.0 Å². The molecule has 0 radical (unpaired) electrons. The largest absolute Gasteiger partial charge is 0.573 e. The summed E-state index contributed by atoms with van der Waals surface area (Å²) >= 11 is 0. The number of methoxy groups -OCH3 is 1. The van der Waals surface area contributed by atoms with Gasteiger partial charge >= 0.3 is 12.3 Å². The van der Waals surface area contributed by atoms with Gasteiger partial charge in [0.25, 0.3) is 0 Å². The zero-order valence-corrected chi connectivity index (χ0v) is 13.0. The molecule has 0 aliphatic heterocycles. The van der Waals surface area contributed by atoms with E-state index < -0.39 is 12.3 Å². The van der Waals surface area contributed by atoms with Crippen LogP contribution < -0.4 is 9.47 Å². The summed E-state index contributed by atoms with van der Waals surface area (Å²) in [7, 11) is 1.37. The van der Waals surface area contributed by atoms with Crippen molar-refractivity contribution in [2.45, 2.75) is 13.3 Å². The van der Waals surface area contributed by atoms with Gasteiger partial charge in [0.2, 0.25) is 0 Å². The number of carbonyl (C=O) groups excluding carboxylic acids is 1. The van der Waals surface area contributed by atoms with Crippen molar-refractivity contribution in [3.63, 3.8) is 0 Å². The van der Waals surface area contributed by atoms with Gasteiger partial charge in [-0.05, 0) is 30.7 Å². The smallest absolute Gasteiger partial charge is 0.495 e. The SMILES string of the molecule is CCOC(=O)c1cccc(-c2cccc(OC(F)(F)F)c2)c1OC. The van der Waals surface area contributed by atoms with E-state index >= 15 is 0 Å². The normalized spacial score (nSPS) is 11.0. The zero-order chi connectivity index (χ0) is 17.7. The number of esters is 1. The standard InChI is InChI=1S/C17H15F3O4/c1-3-23-16(21)14-9-5-8-13(15(14)22-2)11-6-4-7-12(10-11)24-17(18,19)20/h4-10H,3H2,1-2H3. The number of carbonyl (C=O) groups is 1. The van der Waals surface area contributed by atoms with Gasteiger partial charge in [-0.2, -0.15) is 0 Å². The maximum Gasteiger partial charge on any atom is 0.573 e. The minimum Gasteiger partial charge on any atom is -0.495 e. The lowest BCUT2D eigenvalue weighted by Crippen LogP contribution is -2.17. The quantitative estimate of drug-likeness (QED) is 0.755. The fourth-order valence-corrected chi connectivity index (χ4v) is 2.21. The molecule has 0 bridgehead atoms. The highest BCUT2D eigenvalue weighted by Gasteiger charge is 2.31. The topological polar surface area (TPSA) is 44.8 Å². The molecule has 2 aromatic carbocycles. The van der Waals surface area contributed by atoms with Gasteiger partial charge in [-0.15, -0.1) is 13.2 Å². The monoisotopic (exact) mass is 340 g/mol. The van der Waals surface area contributed by atoms with Crippen LogP contribution in [0.4, 0.5) is 13.2 Å². The summed E-state index contributed by atoms with van der Waals surface area (Å²) in [4.78, 5) is 12.0. The van der Waals surface area contributed by atoms with Crippen molar-refractivity contribution in [3.05, 3.63) is 48.0 Å². The number of para-hydroxylation sites is 1. The average molecular weight is 340 g/mol. The minimum absolute atomic E-state index is 0.194. The second-order valence-corrected chi connectivity index (χ2v) is 4.68. The average Bonchev–Trinajstić information content (AvgIpc) is 2.53. The van der Waals surface area contributed by atoms with Gasteiger partial charge < -0.3 is 14.2 Å². The first-order chi connectivity index (χ1) is 11.4. The molecule has 0 aliphatic rings. The number of alkyl halides is 3. The predicted molar refractivity (Wildman–Crippen MR) is 81.1 cm³/mol. The van der Waals surface area contributed by atoms with Crippen LogP contribution in [0.2, 0.25) is 0 Å². The molecule has 0 saturated carbocycles. The lowest BCUT2D eigenvalue weighted by atomic mass is 10.0. The van der Waals surface area contributed by atoms with Crippen molar-refractivity contribution in [2.75, 3.05) is 13.7 Å². The van der Waals surface area contributed by atoms with Gasteiger partial charge in [0, 0.05) is 5.56 Å². The molecule has 128 valence electrons. The van der Waals surface area contributed by atoms with E-state index in [0.29, 0.717) is 11.1 Å². The van der Waals surface area contributed by atoms with E-state index in [1.54, 1.807) is 25.1 Å². The van der Waals surface area contributed by atoms with Crippen LogP contribution in [-0.2, 0) is 4.74 Å². The first-order valence-electron chi connectivity index (χ1n) is 7.06. The van der Waals surface area contributed by atoms with Crippen LogP contribution in [0.15, 0.2) is 42.5 Å². The third-order valence-corrected chi connectivity index (χ3v) is 3.09. The number of hydrogen-bond donors (Lipinski definition) is 0. The molecular formula is C17H15F3O4. The molecule has 0 aromatic heterocycles. The molecule has 0 saturated heterocycles. The van der Waals surface area contributed by atoms with Crippen molar-refractivity contribution < 1.29 is 32.2 Å². The summed E-state index contributed by atoms with van der Waals surface area (Å²) in [5.41, 5.74) is 1.06. The molecule has 0 spiro atoms. The Hall–Kier alpha value is -2.70. The summed E-state index contributed by atoms with van der Waals surface area (Å²) in [5, 5.41) is 0. The van der Waals surface area contributed by atoms with Gasteiger partial charge in [0.15, 0.2) is 0 Å². The predicted octanol–water partition coefficient (Wildman–Crippen LogP) is 4.44. The van der Waals surface area contributed by atoms with Gasteiger partial charge in [-0.3, -0.25) is 0 Å². The Kier molecular flexibility index (Phi) is 5.33. The van der Waals surface area contributed by atoms with Gasteiger partial charge in [-0.1, -0.05) is 24.3 Å². The van der Waals surface area contributed by atoms with E-state index in [4.69, 9.17) is 9.47 Å². The van der Waals surface area contributed by atoms with Crippen molar-refractivity contribution in [1.29, 1.82) is 0 Å². The number of ether oxygens (including phenoxy) is 3. The van der Waals surface area contributed by atoms with Crippen LogP contribution in [0.1, 0.15) is 17.3 Å². The van der Waals surface area contributed by atoms with Crippen LogP contribution >= 0.6 is 0 Å². The van der Waals surface area contributed by atoms with E-state index in [0.717, 1.165) is 0 Å². The summed E-state index contributed by atoms with van der Waals surface area (Å²) < 4.78 is 51.3. The maximum absolute atomic E-state index is 12.4. The molecule has 2 rings (SSSR count). The molecule has 0 unspecified atom stereocenters. The fraction of sp³-hybridized carbons (Fsp3) is 0.235. The molecule has 0 heterocycles. The second-order valence-electron chi connectivity index (χ2n) is 4.68. The number of rotatable bonds is 5. The molecular weight excluding hydrogens is 325 g/mol. The zero-order valence-electron chi connectivity index (χ0n) is 13.0. The highest BCUT2D eigenvalue weighted by atomic mass is 19.4. The van der Waals surface area contributed by atoms with E-state index in [2.05, 4.69) is 4.74 Å². The van der Waals surface area contributed by atoms with Gasteiger partial charge in [-0.25, -0.2) is 4.79 Å². The lowest BCUT2D eigenvalue weighted by molar-refractivity contribution is -0.274. The summed E-state index contributed by atoms with van der Waals surface area (Å²) in [5.74, 6) is -0.706. The maximum atomic E-state index is 12.4. The van der Waals surface area contributed by atoms with E-state index in [1.165, 1.54) is 31.4 Å². The lowest BCUT2D eigenvalue weighted by Gasteiger charge is -2.14. The molecule has 0 aliphatic carbocycles. The number of benzene rings is 2. The van der Waals surface area contributed by atoms with Crippen molar-refractivity contribution >= 4 is 5.97 Å². The third kappa shape index (κ3) is 4.18. The van der Waals surface area contributed by atoms with E-state index in [-0.39, 0.29) is 23.7 Å². The van der Waals surface area contributed by atoms with Gasteiger partial charge in [0.05, 0.1) is 13.7 Å². The Labute approximate surface area is 136 Å². The molecule has 2 aromatic rings. The third-order valence-electron chi connectivity index (χ3n) is 3.09. The highest BCUT2D eigenvalue weighted by molar-refractivity contribution is 5.95. The Morgan fingerprint density at radius 3 is 2.46 bits per heavy atom. The molecule has 0 fully saturated rings. The first kappa shape index (κ1) is 17.7. The first-order valence-corrected chi connectivity index (χ1v) is 7.06. The number of halogens is 3. The van der Waals surface area contributed by atoms with Crippen molar-refractivity contribution in [2.24, 2.45) is 0 Å². The number of hydrogen-bond acceptors (Lipinski definition) is 4. The van der Waals surface area contributed by atoms with Crippen LogP contribution in [0, 0.1) is 0 Å². The van der Waals surface area contributed by atoms with Crippen LogP contribution in [0.25, 0.3) is 11.1 Å². The van der Waals surface area contributed by atoms with E-state index in [1.807, 2.05) is 0 Å². The molecule has 0 atom stereocenters. The Balaban J connectivity index is 2.47. The van der Waals surface area contributed by atoms with Crippen LogP contribution in [0.5, 0.6) is 11.5 Å². The summed E-state index contributed by atoms with van der Waals surface area (Å²) in [6.45, 7) is 1.87. The molecule has 24 heavy (non-hydrogen) atoms. The Morgan fingerprint density at radius 1 is 1.12 bits per heavy atom. The molecule has 4 nitrogen and oxygen atoms in total. The highest BCUT2D eigenvalue weighted by Crippen LogP contribution is 2.35. The Morgan fingerprint density at radius 2 is 1.83 bits per heavy atom. The van der Waals surface area contributed by atoms with Gasteiger partial charge in [0.1, 0.15) is 17.1 Å². The van der Waals surface area contributed by atoms with Crippen molar-refractivity contribution in [3.8, 4) is 22.6 Å². The second kappa shape index (κ2) is 7.25. The Bertz CT molecular complexity index is 726.